The third-order valence-corrected chi connectivity index (χ3v) is 5.41. The highest BCUT2D eigenvalue weighted by Crippen LogP contribution is 2.26. The molecule has 0 aliphatic carbocycles. The van der Waals surface area contributed by atoms with Crippen molar-refractivity contribution in [3.8, 4) is 6.07 Å². The Morgan fingerprint density at radius 3 is 2.39 bits per heavy atom. The topological polar surface area (TPSA) is 65.8 Å². The number of anilines is 1. The first-order chi connectivity index (χ1) is 13.3. The van der Waals surface area contributed by atoms with Gasteiger partial charge in [0.2, 0.25) is 5.91 Å². The standard InChI is InChI=1S/C23H22ClN3O/c1-13-6-5-7-14(2)21(13)27-23(28)19(12-25)11-18-10-17-8-15(3)16(4)9-20(17)26-22(18)24/h5-10,19H,11H2,1-4H3,(H,27,28)/t19-/m1/s1. The van der Waals surface area contributed by atoms with Crippen molar-refractivity contribution in [2.24, 2.45) is 5.92 Å². The fourth-order valence-corrected chi connectivity index (χ4v) is 3.47. The molecule has 0 aliphatic heterocycles. The number of benzene rings is 2. The molecule has 0 spiro atoms. The number of carbonyl (C=O) groups is 1. The zero-order chi connectivity index (χ0) is 20.4. The first kappa shape index (κ1) is 19.9. The van der Waals surface area contributed by atoms with Crippen molar-refractivity contribution in [1.82, 2.24) is 4.98 Å². The molecule has 1 N–H and O–H groups in total. The van der Waals surface area contributed by atoms with Crippen LogP contribution in [0.1, 0.15) is 27.8 Å². The monoisotopic (exact) mass is 391 g/mol. The van der Waals surface area contributed by atoms with E-state index < -0.39 is 5.92 Å². The molecule has 0 aliphatic rings. The van der Waals surface area contributed by atoms with Gasteiger partial charge in [0.15, 0.2) is 0 Å². The van der Waals surface area contributed by atoms with Crippen LogP contribution in [0.25, 0.3) is 10.9 Å². The molecule has 2 aromatic carbocycles. The minimum absolute atomic E-state index is 0.210. The van der Waals surface area contributed by atoms with Gasteiger partial charge in [0.1, 0.15) is 11.1 Å². The fraction of sp³-hybridized carbons (Fsp3) is 0.261. The molecule has 5 heteroatoms. The van der Waals surface area contributed by atoms with E-state index in [-0.39, 0.29) is 12.3 Å². The third-order valence-electron chi connectivity index (χ3n) is 5.08. The SMILES string of the molecule is Cc1cc2cc(C[C@H](C#N)C(=O)Nc3c(C)cccc3C)c(Cl)nc2cc1C. The van der Waals surface area contributed by atoms with E-state index in [0.29, 0.717) is 10.7 Å². The van der Waals surface area contributed by atoms with Crippen molar-refractivity contribution in [2.45, 2.75) is 34.1 Å². The number of nitriles is 1. The maximum absolute atomic E-state index is 12.7. The molecule has 28 heavy (non-hydrogen) atoms. The van der Waals surface area contributed by atoms with Crippen molar-refractivity contribution in [2.75, 3.05) is 5.32 Å². The van der Waals surface area contributed by atoms with Gasteiger partial charge < -0.3 is 5.32 Å². The second-order valence-corrected chi connectivity index (χ2v) is 7.57. The highest BCUT2D eigenvalue weighted by molar-refractivity contribution is 6.30. The van der Waals surface area contributed by atoms with Crippen LogP contribution in [0.2, 0.25) is 5.15 Å². The molecule has 142 valence electrons. The van der Waals surface area contributed by atoms with Gasteiger partial charge >= 0.3 is 0 Å². The summed E-state index contributed by atoms with van der Waals surface area (Å²) >= 11 is 6.36. The Bertz CT molecular complexity index is 1090. The summed E-state index contributed by atoms with van der Waals surface area (Å²) < 4.78 is 0. The van der Waals surface area contributed by atoms with Gasteiger partial charge in [-0.2, -0.15) is 5.26 Å². The van der Waals surface area contributed by atoms with Crippen LogP contribution < -0.4 is 5.32 Å². The highest BCUT2D eigenvalue weighted by Gasteiger charge is 2.22. The Morgan fingerprint density at radius 1 is 1.11 bits per heavy atom. The maximum atomic E-state index is 12.7. The molecule has 0 unspecified atom stereocenters. The van der Waals surface area contributed by atoms with Crippen molar-refractivity contribution >= 4 is 34.1 Å². The van der Waals surface area contributed by atoms with Gasteiger partial charge in [-0.1, -0.05) is 29.8 Å². The van der Waals surface area contributed by atoms with Crippen LogP contribution >= 0.6 is 11.6 Å². The molecule has 0 bridgehead atoms. The average molecular weight is 392 g/mol. The zero-order valence-electron chi connectivity index (χ0n) is 16.4. The lowest BCUT2D eigenvalue weighted by atomic mass is 9.98. The molecule has 3 rings (SSSR count). The Kier molecular flexibility index (Phi) is 5.67. The number of halogens is 1. The van der Waals surface area contributed by atoms with Gasteiger partial charge in [-0.05, 0) is 73.7 Å². The molecule has 0 radical (unpaired) electrons. The second-order valence-electron chi connectivity index (χ2n) is 7.21. The van der Waals surface area contributed by atoms with Crippen molar-refractivity contribution in [3.63, 3.8) is 0 Å². The molecule has 1 amide bonds. The summed E-state index contributed by atoms with van der Waals surface area (Å²) in [6.07, 6.45) is 0.210. The lowest BCUT2D eigenvalue weighted by molar-refractivity contribution is -0.118. The number of rotatable bonds is 4. The van der Waals surface area contributed by atoms with Crippen LogP contribution in [0.15, 0.2) is 36.4 Å². The Labute approximate surface area is 170 Å². The predicted molar refractivity (Wildman–Crippen MR) is 114 cm³/mol. The smallest absolute Gasteiger partial charge is 0.242 e. The van der Waals surface area contributed by atoms with E-state index in [1.165, 1.54) is 0 Å². The Hall–Kier alpha value is -2.90. The van der Waals surface area contributed by atoms with Crippen LogP contribution in [0.3, 0.4) is 0 Å². The van der Waals surface area contributed by atoms with Gasteiger partial charge in [0.05, 0.1) is 11.6 Å². The molecule has 3 aromatic rings. The van der Waals surface area contributed by atoms with Gasteiger partial charge in [0, 0.05) is 17.5 Å². The van der Waals surface area contributed by atoms with Crippen molar-refractivity contribution < 1.29 is 4.79 Å². The van der Waals surface area contributed by atoms with Gasteiger partial charge in [0.25, 0.3) is 0 Å². The molecular weight excluding hydrogens is 370 g/mol. The number of pyridine rings is 1. The average Bonchev–Trinajstić information content (AvgIpc) is 2.64. The predicted octanol–water partition coefficient (Wildman–Crippen LogP) is 5.44. The highest BCUT2D eigenvalue weighted by atomic mass is 35.5. The summed E-state index contributed by atoms with van der Waals surface area (Å²) in [5.41, 5.74) is 6.48. The number of amides is 1. The number of nitrogens with zero attached hydrogens (tertiary/aromatic N) is 2. The molecule has 1 aromatic heterocycles. The van der Waals surface area contributed by atoms with E-state index in [2.05, 4.69) is 22.4 Å². The number of carbonyl (C=O) groups excluding carboxylic acids is 1. The van der Waals surface area contributed by atoms with Crippen LogP contribution in [-0.2, 0) is 11.2 Å². The summed E-state index contributed by atoms with van der Waals surface area (Å²) in [6.45, 7) is 7.93. The normalized spacial score (nSPS) is 11.9. The number of fused-ring (bicyclic) bond motifs is 1. The summed E-state index contributed by atoms with van der Waals surface area (Å²) in [6, 6.07) is 13.9. The molecule has 4 nitrogen and oxygen atoms in total. The first-order valence-electron chi connectivity index (χ1n) is 9.13. The fourth-order valence-electron chi connectivity index (χ4n) is 3.24. The minimum atomic E-state index is -0.859. The van der Waals surface area contributed by atoms with Crippen molar-refractivity contribution in [1.29, 1.82) is 5.26 Å². The lowest BCUT2D eigenvalue weighted by Gasteiger charge is -2.15. The van der Waals surface area contributed by atoms with Crippen LogP contribution in [0.4, 0.5) is 5.69 Å². The molecule has 1 atom stereocenters. The molecule has 0 saturated heterocycles. The molecule has 0 saturated carbocycles. The number of aromatic nitrogens is 1. The molecule has 1 heterocycles. The van der Waals surface area contributed by atoms with E-state index in [9.17, 15) is 10.1 Å². The number of para-hydroxylation sites is 1. The summed E-state index contributed by atoms with van der Waals surface area (Å²) in [5, 5.41) is 13.8. The van der Waals surface area contributed by atoms with Crippen LogP contribution in [0.5, 0.6) is 0 Å². The third kappa shape index (κ3) is 4.00. The summed E-state index contributed by atoms with van der Waals surface area (Å²) in [5.74, 6) is -1.20. The lowest BCUT2D eigenvalue weighted by Crippen LogP contribution is -2.24. The number of hydrogen-bond donors (Lipinski definition) is 1. The van der Waals surface area contributed by atoms with E-state index in [0.717, 1.165) is 38.8 Å². The van der Waals surface area contributed by atoms with E-state index in [1.807, 2.05) is 58.0 Å². The Balaban J connectivity index is 1.88. The first-order valence-corrected chi connectivity index (χ1v) is 9.51. The zero-order valence-corrected chi connectivity index (χ0v) is 17.2. The van der Waals surface area contributed by atoms with Crippen LogP contribution in [-0.4, -0.2) is 10.9 Å². The van der Waals surface area contributed by atoms with E-state index in [4.69, 9.17) is 11.6 Å². The minimum Gasteiger partial charge on any atom is -0.324 e. The number of aryl methyl sites for hydroxylation is 4. The van der Waals surface area contributed by atoms with Crippen LogP contribution in [0, 0.1) is 44.9 Å². The van der Waals surface area contributed by atoms with Crippen molar-refractivity contribution in [3.05, 3.63) is 69.4 Å². The second kappa shape index (κ2) is 8.00. The van der Waals surface area contributed by atoms with Gasteiger partial charge in [-0.15, -0.1) is 0 Å². The van der Waals surface area contributed by atoms with E-state index >= 15 is 0 Å². The Morgan fingerprint density at radius 2 is 1.75 bits per heavy atom. The number of hydrogen-bond acceptors (Lipinski definition) is 3. The van der Waals surface area contributed by atoms with Gasteiger partial charge in [-0.25, -0.2) is 4.98 Å². The number of nitrogens with one attached hydrogen (secondary N) is 1. The summed E-state index contributed by atoms with van der Waals surface area (Å²) in [4.78, 5) is 17.2. The molecule has 0 fully saturated rings. The maximum Gasteiger partial charge on any atom is 0.242 e. The summed E-state index contributed by atoms with van der Waals surface area (Å²) in [7, 11) is 0. The van der Waals surface area contributed by atoms with Gasteiger partial charge in [-0.3, -0.25) is 4.79 Å². The molecular formula is C23H22ClN3O. The largest absolute Gasteiger partial charge is 0.324 e. The van der Waals surface area contributed by atoms with E-state index in [1.54, 1.807) is 0 Å². The quantitative estimate of drug-likeness (QED) is 0.602.